The average Bonchev–Trinajstić information content (AvgIpc) is 2.98. The Hall–Kier alpha value is -2.20. The van der Waals surface area contributed by atoms with Crippen molar-refractivity contribution in [3.05, 3.63) is 60.2 Å². The molecule has 3 aromatic rings. The maximum absolute atomic E-state index is 11.7. The van der Waals surface area contributed by atoms with E-state index in [-0.39, 0.29) is 5.91 Å². The van der Waals surface area contributed by atoms with Gasteiger partial charge in [0.25, 0.3) is 0 Å². The van der Waals surface area contributed by atoms with Crippen molar-refractivity contribution >= 4 is 28.6 Å². The Balaban J connectivity index is 1.82. The Bertz CT molecular complexity index is 824. The molecule has 0 N–H and O–H groups in total. The van der Waals surface area contributed by atoms with Crippen LogP contribution in [0, 0.1) is 0 Å². The molecule has 124 valence electrons. The highest BCUT2D eigenvalue weighted by Crippen LogP contribution is 2.35. The van der Waals surface area contributed by atoms with Crippen LogP contribution in [0.2, 0.25) is 0 Å². The van der Waals surface area contributed by atoms with E-state index in [0.717, 1.165) is 33.8 Å². The molecule has 0 saturated carbocycles. The van der Waals surface area contributed by atoms with Crippen LogP contribution in [-0.2, 0) is 10.5 Å². The summed E-state index contributed by atoms with van der Waals surface area (Å²) < 4.78 is 6.11. The van der Waals surface area contributed by atoms with Crippen molar-refractivity contribution in [2.45, 2.75) is 12.2 Å². The molecule has 2 aromatic carbocycles. The fraction of sp³-hybridized carbons (Fsp3) is 0.250. The quantitative estimate of drug-likeness (QED) is 0.604. The first kappa shape index (κ1) is 16.7. The highest BCUT2D eigenvalue weighted by molar-refractivity contribution is 7.98. The zero-order valence-corrected chi connectivity index (χ0v) is 14.8. The standard InChI is InChI=1S/C20H21NO2S/c1-21(2)19(22)12-13-24-14-17-16-10-6-7-11-18(16)23-20(17)15-8-4-3-5-9-15/h3-11H,12-14H2,1-2H3. The molecule has 0 radical (unpaired) electrons. The van der Waals surface area contributed by atoms with Gasteiger partial charge in [0.1, 0.15) is 11.3 Å². The van der Waals surface area contributed by atoms with Crippen LogP contribution in [-0.4, -0.2) is 30.7 Å². The molecule has 3 nitrogen and oxygen atoms in total. The summed E-state index contributed by atoms with van der Waals surface area (Å²) >= 11 is 1.77. The number of nitrogens with zero attached hydrogens (tertiary/aromatic N) is 1. The number of carbonyl (C=O) groups excluding carboxylic acids is 1. The Morgan fingerprint density at radius 1 is 1.04 bits per heavy atom. The fourth-order valence-corrected chi connectivity index (χ4v) is 3.58. The highest BCUT2D eigenvalue weighted by Gasteiger charge is 2.15. The van der Waals surface area contributed by atoms with E-state index in [2.05, 4.69) is 18.2 Å². The SMILES string of the molecule is CN(C)C(=O)CCSCc1c(-c2ccccc2)oc2ccccc12. The number of fused-ring (bicyclic) bond motifs is 1. The lowest BCUT2D eigenvalue weighted by Crippen LogP contribution is -2.21. The molecule has 4 heteroatoms. The lowest BCUT2D eigenvalue weighted by molar-refractivity contribution is -0.128. The van der Waals surface area contributed by atoms with Gasteiger partial charge in [-0.05, 0) is 6.07 Å². The summed E-state index contributed by atoms with van der Waals surface area (Å²) in [5, 5.41) is 1.16. The topological polar surface area (TPSA) is 33.5 Å². The minimum Gasteiger partial charge on any atom is -0.456 e. The van der Waals surface area contributed by atoms with Gasteiger partial charge in [0.05, 0.1) is 0 Å². The molecule has 0 aliphatic heterocycles. The van der Waals surface area contributed by atoms with Crippen LogP contribution in [0.4, 0.5) is 0 Å². The van der Waals surface area contributed by atoms with Gasteiger partial charge in [-0.15, -0.1) is 0 Å². The first-order valence-electron chi connectivity index (χ1n) is 8.00. The molecule has 0 spiro atoms. The third kappa shape index (κ3) is 3.65. The predicted molar refractivity (Wildman–Crippen MR) is 101 cm³/mol. The van der Waals surface area contributed by atoms with E-state index < -0.39 is 0 Å². The zero-order valence-electron chi connectivity index (χ0n) is 14.0. The van der Waals surface area contributed by atoms with Crippen molar-refractivity contribution in [3.8, 4) is 11.3 Å². The smallest absolute Gasteiger partial charge is 0.222 e. The first-order chi connectivity index (χ1) is 11.7. The number of hydrogen-bond acceptors (Lipinski definition) is 3. The van der Waals surface area contributed by atoms with E-state index in [9.17, 15) is 4.79 Å². The molecule has 24 heavy (non-hydrogen) atoms. The average molecular weight is 339 g/mol. The number of para-hydroxylation sites is 1. The number of benzene rings is 2. The summed E-state index contributed by atoms with van der Waals surface area (Å²) in [6, 6.07) is 18.3. The van der Waals surface area contributed by atoms with Gasteiger partial charge in [-0.25, -0.2) is 0 Å². The molecule has 0 atom stereocenters. The molecule has 0 aliphatic rings. The molecular formula is C20H21NO2S. The Kier molecular flexibility index (Phi) is 5.26. The fourth-order valence-electron chi connectivity index (χ4n) is 2.62. The second-order valence-corrected chi connectivity index (χ2v) is 6.97. The third-order valence-electron chi connectivity index (χ3n) is 3.94. The molecule has 0 bridgehead atoms. The van der Waals surface area contributed by atoms with Crippen LogP contribution in [0.5, 0.6) is 0 Å². The van der Waals surface area contributed by atoms with E-state index in [1.807, 2.05) is 36.4 Å². The van der Waals surface area contributed by atoms with Crippen molar-refractivity contribution in [2.24, 2.45) is 0 Å². The summed E-state index contributed by atoms with van der Waals surface area (Å²) in [6.45, 7) is 0. The largest absolute Gasteiger partial charge is 0.456 e. The maximum Gasteiger partial charge on any atom is 0.222 e. The van der Waals surface area contributed by atoms with Crippen LogP contribution in [0.1, 0.15) is 12.0 Å². The second-order valence-electron chi connectivity index (χ2n) is 5.86. The van der Waals surface area contributed by atoms with E-state index in [1.54, 1.807) is 30.8 Å². The summed E-state index contributed by atoms with van der Waals surface area (Å²) in [7, 11) is 3.59. The van der Waals surface area contributed by atoms with Crippen LogP contribution >= 0.6 is 11.8 Å². The Morgan fingerprint density at radius 3 is 2.50 bits per heavy atom. The molecular weight excluding hydrogens is 318 g/mol. The molecule has 0 unspecified atom stereocenters. The number of amides is 1. The van der Waals surface area contributed by atoms with Crippen molar-refractivity contribution < 1.29 is 9.21 Å². The molecule has 0 saturated heterocycles. The number of furan rings is 1. The van der Waals surface area contributed by atoms with E-state index in [0.29, 0.717) is 6.42 Å². The van der Waals surface area contributed by atoms with Gasteiger partial charge in [0.15, 0.2) is 0 Å². The van der Waals surface area contributed by atoms with Crippen LogP contribution in [0.15, 0.2) is 59.0 Å². The van der Waals surface area contributed by atoms with Gasteiger partial charge in [-0.1, -0.05) is 48.5 Å². The normalized spacial score (nSPS) is 10.9. The van der Waals surface area contributed by atoms with Crippen molar-refractivity contribution in [3.63, 3.8) is 0 Å². The monoisotopic (exact) mass is 339 g/mol. The van der Waals surface area contributed by atoms with Crippen molar-refractivity contribution in [1.82, 2.24) is 4.90 Å². The Labute approximate surface area is 146 Å². The molecule has 0 aliphatic carbocycles. The lowest BCUT2D eigenvalue weighted by Gasteiger charge is -2.09. The zero-order chi connectivity index (χ0) is 16.9. The second kappa shape index (κ2) is 7.58. The van der Waals surface area contributed by atoms with Gasteiger partial charge in [-0.3, -0.25) is 4.79 Å². The molecule has 1 amide bonds. The minimum atomic E-state index is 0.169. The van der Waals surface area contributed by atoms with Crippen LogP contribution in [0.25, 0.3) is 22.3 Å². The minimum absolute atomic E-state index is 0.169. The van der Waals surface area contributed by atoms with E-state index in [4.69, 9.17) is 4.42 Å². The summed E-state index contributed by atoms with van der Waals surface area (Å²) in [5.74, 6) is 2.75. The van der Waals surface area contributed by atoms with Crippen molar-refractivity contribution in [1.29, 1.82) is 0 Å². The Morgan fingerprint density at radius 2 is 1.75 bits per heavy atom. The molecule has 1 heterocycles. The van der Waals surface area contributed by atoms with Gasteiger partial charge < -0.3 is 9.32 Å². The highest BCUT2D eigenvalue weighted by atomic mass is 32.2. The maximum atomic E-state index is 11.7. The number of carbonyl (C=O) groups is 1. The van der Waals surface area contributed by atoms with Crippen molar-refractivity contribution in [2.75, 3.05) is 19.8 Å². The summed E-state index contributed by atoms with van der Waals surface area (Å²) in [4.78, 5) is 13.3. The van der Waals surface area contributed by atoms with Gasteiger partial charge in [0.2, 0.25) is 5.91 Å². The van der Waals surface area contributed by atoms with Gasteiger partial charge >= 0.3 is 0 Å². The van der Waals surface area contributed by atoms with Crippen LogP contribution < -0.4 is 0 Å². The summed E-state index contributed by atoms with van der Waals surface area (Å²) in [5.41, 5.74) is 3.21. The van der Waals surface area contributed by atoms with Gasteiger partial charge in [-0.2, -0.15) is 11.8 Å². The molecule has 0 fully saturated rings. The lowest BCUT2D eigenvalue weighted by atomic mass is 10.1. The van der Waals surface area contributed by atoms with E-state index in [1.165, 1.54) is 5.56 Å². The third-order valence-corrected chi connectivity index (χ3v) is 4.93. The first-order valence-corrected chi connectivity index (χ1v) is 9.16. The summed E-state index contributed by atoms with van der Waals surface area (Å²) in [6.07, 6.45) is 0.564. The number of thioether (sulfide) groups is 1. The van der Waals surface area contributed by atoms with Gasteiger partial charge in [0, 0.05) is 48.5 Å². The number of hydrogen-bond donors (Lipinski definition) is 0. The number of rotatable bonds is 6. The predicted octanol–water partition coefficient (Wildman–Crippen LogP) is 4.81. The molecule has 3 rings (SSSR count). The van der Waals surface area contributed by atoms with E-state index >= 15 is 0 Å². The molecule has 1 aromatic heterocycles. The van der Waals surface area contributed by atoms with Crippen LogP contribution in [0.3, 0.4) is 0 Å².